The molecule has 1 aliphatic rings. The van der Waals surface area contributed by atoms with Gasteiger partial charge in [0.15, 0.2) is 0 Å². The molecule has 1 amide bonds. The molecule has 1 aliphatic carbocycles. The van der Waals surface area contributed by atoms with Gasteiger partial charge in [0.2, 0.25) is 5.91 Å². The quantitative estimate of drug-likeness (QED) is 0.773. The van der Waals surface area contributed by atoms with Gasteiger partial charge in [0.1, 0.15) is 0 Å². The third-order valence-corrected chi connectivity index (χ3v) is 3.81. The van der Waals surface area contributed by atoms with Crippen LogP contribution < -0.4 is 11.1 Å². The molecule has 0 aromatic heterocycles. The minimum atomic E-state index is 0.0757. The molecule has 19 heavy (non-hydrogen) atoms. The molecule has 104 valence electrons. The van der Waals surface area contributed by atoms with Crippen LogP contribution in [0.1, 0.15) is 32.1 Å². The largest absolute Gasteiger partial charge is 0.399 e. The molecule has 0 atom stereocenters. The van der Waals surface area contributed by atoms with Crippen LogP contribution >= 0.6 is 0 Å². The fraction of sp³-hybridized carbons (Fsp3) is 0.533. The van der Waals surface area contributed by atoms with Crippen molar-refractivity contribution < 1.29 is 4.79 Å². The van der Waals surface area contributed by atoms with Crippen LogP contribution in [0.4, 0.5) is 11.4 Å². The summed E-state index contributed by atoms with van der Waals surface area (Å²) in [5.74, 6) is 0.0757. The number of amides is 1. The van der Waals surface area contributed by atoms with Crippen LogP contribution in [0, 0.1) is 0 Å². The number of carbonyl (C=O) groups is 1. The predicted octanol–water partition coefficient (Wildman–Crippen LogP) is 2.47. The first kappa shape index (κ1) is 13.9. The Hall–Kier alpha value is -1.55. The number of carbonyl (C=O) groups excluding carboxylic acids is 1. The molecule has 0 saturated heterocycles. The lowest BCUT2D eigenvalue weighted by atomic mass is 9.92. The Morgan fingerprint density at radius 1 is 1.37 bits per heavy atom. The summed E-state index contributed by atoms with van der Waals surface area (Å²) < 4.78 is 0. The molecule has 1 fully saturated rings. The third-order valence-electron chi connectivity index (χ3n) is 3.81. The number of nitrogens with two attached hydrogens (primary N) is 1. The first-order valence-electron chi connectivity index (χ1n) is 7.01. The van der Waals surface area contributed by atoms with Gasteiger partial charge in [0.05, 0.1) is 0 Å². The number of benzene rings is 1. The summed E-state index contributed by atoms with van der Waals surface area (Å²) in [6.07, 6.45) is 5.46. The van der Waals surface area contributed by atoms with E-state index < -0.39 is 0 Å². The summed E-state index contributed by atoms with van der Waals surface area (Å²) in [4.78, 5) is 14.1. The normalized spacial score (nSPS) is 15.3. The van der Waals surface area contributed by atoms with Crippen LogP contribution in [-0.4, -0.2) is 30.4 Å². The molecule has 0 radical (unpaired) electrons. The molecule has 0 aliphatic heterocycles. The van der Waals surface area contributed by atoms with Crippen LogP contribution in [-0.2, 0) is 4.79 Å². The molecule has 1 aromatic rings. The Bertz CT molecular complexity index is 412. The third kappa shape index (κ3) is 4.24. The Morgan fingerprint density at radius 3 is 2.63 bits per heavy atom. The average molecular weight is 261 g/mol. The van der Waals surface area contributed by atoms with E-state index in [0.717, 1.165) is 24.7 Å². The highest BCUT2D eigenvalue weighted by Gasteiger charge is 2.21. The molecule has 0 heterocycles. The van der Waals surface area contributed by atoms with Crippen molar-refractivity contribution in [3.63, 3.8) is 0 Å². The fourth-order valence-electron chi connectivity index (χ4n) is 2.29. The van der Waals surface area contributed by atoms with Gasteiger partial charge >= 0.3 is 0 Å². The minimum Gasteiger partial charge on any atom is -0.399 e. The fourth-order valence-corrected chi connectivity index (χ4v) is 2.29. The van der Waals surface area contributed by atoms with Gasteiger partial charge in [-0.1, -0.05) is 6.42 Å². The molecule has 4 nitrogen and oxygen atoms in total. The van der Waals surface area contributed by atoms with Crippen LogP contribution in [0.15, 0.2) is 24.3 Å². The summed E-state index contributed by atoms with van der Waals surface area (Å²) in [6.45, 7) is 1.000. The Morgan fingerprint density at radius 2 is 2.05 bits per heavy atom. The molecule has 3 N–H and O–H groups in total. The second-order valence-corrected chi connectivity index (χ2v) is 5.34. The number of hydrogen-bond donors (Lipinski definition) is 2. The lowest BCUT2D eigenvalue weighted by molar-refractivity contribution is -0.116. The van der Waals surface area contributed by atoms with Gasteiger partial charge in [0.25, 0.3) is 0 Å². The van der Waals surface area contributed by atoms with Gasteiger partial charge in [-0.05, 0) is 57.1 Å². The summed E-state index contributed by atoms with van der Waals surface area (Å²) >= 11 is 0. The van der Waals surface area contributed by atoms with Crippen molar-refractivity contribution in [3.8, 4) is 0 Å². The maximum absolute atomic E-state index is 11.8. The number of rotatable bonds is 6. The first-order chi connectivity index (χ1) is 9.15. The molecule has 0 unspecified atom stereocenters. The highest BCUT2D eigenvalue weighted by molar-refractivity contribution is 5.90. The highest BCUT2D eigenvalue weighted by Crippen LogP contribution is 2.23. The maximum Gasteiger partial charge on any atom is 0.224 e. The molecular formula is C15H23N3O. The van der Waals surface area contributed by atoms with Crippen molar-refractivity contribution >= 4 is 17.3 Å². The van der Waals surface area contributed by atoms with Crippen molar-refractivity contribution in [2.45, 2.75) is 38.1 Å². The van der Waals surface area contributed by atoms with E-state index in [2.05, 4.69) is 17.3 Å². The first-order valence-corrected chi connectivity index (χ1v) is 7.01. The number of nitrogen functional groups attached to an aromatic ring is 1. The van der Waals surface area contributed by atoms with Crippen molar-refractivity contribution in [2.24, 2.45) is 0 Å². The second-order valence-electron chi connectivity index (χ2n) is 5.34. The topological polar surface area (TPSA) is 58.4 Å². The molecule has 1 saturated carbocycles. The van der Waals surface area contributed by atoms with Crippen molar-refractivity contribution in [1.82, 2.24) is 4.90 Å². The zero-order chi connectivity index (χ0) is 13.7. The van der Waals surface area contributed by atoms with Gasteiger partial charge in [-0.25, -0.2) is 0 Å². The molecular weight excluding hydrogens is 238 g/mol. The summed E-state index contributed by atoms with van der Waals surface area (Å²) in [7, 11) is 2.15. The van der Waals surface area contributed by atoms with E-state index in [1.165, 1.54) is 19.3 Å². The SMILES string of the molecule is CN(CCCC(=O)Nc1ccc(N)cc1)C1CCC1. The monoisotopic (exact) mass is 261 g/mol. The van der Waals surface area contributed by atoms with E-state index in [0.29, 0.717) is 12.1 Å². The van der Waals surface area contributed by atoms with E-state index >= 15 is 0 Å². The van der Waals surface area contributed by atoms with E-state index in [4.69, 9.17) is 5.73 Å². The summed E-state index contributed by atoms with van der Waals surface area (Å²) in [5.41, 5.74) is 7.12. The molecule has 0 bridgehead atoms. The van der Waals surface area contributed by atoms with Crippen LogP contribution in [0.25, 0.3) is 0 Å². The lowest BCUT2D eigenvalue weighted by Gasteiger charge is -2.34. The minimum absolute atomic E-state index is 0.0757. The number of hydrogen-bond acceptors (Lipinski definition) is 3. The van der Waals surface area contributed by atoms with Crippen LogP contribution in [0.2, 0.25) is 0 Å². The number of nitrogens with one attached hydrogen (secondary N) is 1. The smallest absolute Gasteiger partial charge is 0.224 e. The Kier molecular flexibility index (Phi) is 4.80. The summed E-state index contributed by atoms with van der Waals surface area (Å²) in [6, 6.07) is 7.99. The number of nitrogens with zero attached hydrogens (tertiary/aromatic N) is 1. The average Bonchev–Trinajstić information content (AvgIpc) is 2.30. The van der Waals surface area contributed by atoms with Gasteiger partial charge in [0, 0.05) is 23.8 Å². The van der Waals surface area contributed by atoms with Crippen molar-refractivity contribution in [1.29, 1.82) is 0 Å². The molecule has 2 rings (SSSR count). The molecule has 1 aromatic carbocycles. The Labute approximate surface area is 115 Å². The van der Waals surface area contributed by atoms with Crippen molar-refractivity contribution in [2.75, 3.05) is 24.6 Å². The Balaban J connectivity index is 1.65. The highest BCUT2D eigenvalue weighted by atomic mass is 16.1. The van der Waals surface area contributed by atoms with Crippen molar-refractivity contribution in [3.05, 3.63) is 24.3 Å². The van der Waals surface area contributed by atoms with Gasteiger partial charge in [-0.2, -0.15) is 0 Å². The van der Waals surface area contributed by atoms with E-state index in [1.54, 1.807) is 12.1 Å². The van der Waals surface area contributed by atoms with E-state index in [9.17, 15) is 4.79 Å². The standard InChI is InChI=1S/C15H23N3O/c1-18(14-4-2-5-14)11-3-6-15(19)17-13-9-7-12(16)8-10-13/h7-10,14H,2-6,11,16H2,1H3,(H,17,19). The molecule has 4 heteroatoms. The maximum atomic E-state index is 11.8. The predicted molar refractivity (Wildman–Crippen MR) is 79.0 cm³/mol. The number of anilines is 2. The van der Waals surface area contributed by atoms with Gasteiger partial charge in [-0.15, -0.1) is 0 Å². The zero-order valence-corrected chi connectivity index (χ0v) is 11.6. The van der Waals surface area contributed by atoms with E-state index in [-0.39, 0.29) is 5.91 Å². The van der Waals surface area contributed by atoms with Gasteiger partial charge < -0.3 is 16.0 Å². The van der Waals surface area contributed by atoms with E-state index in [1.807, 2.05) is 12.1 Å². The summed E-state index contributed by atoms with van der Waals surface area (Å²) in [5, 5.41) is 2.89. The lowest BCUT2D eigenvalue weighted by Crippen LogP contribution is -2.37. The molecule has 0 spiro atoms. The second kappa shape index (κ2) is 6.57. The zero-order valence-electron chi connectivity index (χ0n) is 11.6. The van der Waals surface area contributed by atoms with Crippen LogP contribution in [0.5, 0.6) is 0 Å². The van der Waals surface area contributed by atoms with Crippen LogP contribution in [0.3, 0.4) is 0 Å². The van der Waals surface area contributed by atoms with Gasteiger partial charge in [-0.3, -0.25) is 4.79 Å².